The number of piperidine rings is 1. The van der Waals surface area contributed by atoms with Crippen molar-refractivity contribution in [1.82, 2.24) is 14.7 Å². The molecule has 0 amide bonds. The molecule has 0 aromatic carbocycles. The Morgan fingerprint density at radius 2 is 2.11 bits per heavy atom. The van der Waals surface area contributed by atoms with Crippen molar-refractivity contribution in [2.24, 2.45) is 11.1 Å². The van der Waals surface area contributed by atoms with Gasteiger partial charge in [0.15, 0.2) is 0 Å². The van der Waals surface area contributed by atoms with Gasteiger partial charge in [0.1, 0.15) is 0 Å². The number of hydrogen-bond donors (Lipinski definition) is 1. The van der Waals surface area contributed by atoms with Gasteiger partial charge in [0.25, 0.3) is 0 Å². The molecule has 0 unspecified atom stereocenters. The van der Waals surface area contributed by atoms with E-state index in [1.807, 2.05) is 4.68 Å². The number of nitrogens with zero attached hydrogens (tertiary/aromatic N) is 3. The Labute approximate surface area is 121 Å². The van der Waals surface area contributed by atoms with E-state index in [-0.39, 0.29) is 5.41 Å². The molecule has 0 spiro atoms. The quantitative estimate of drug-likeness (QED) is 0.860. The van der Waals surface area contributed by atoms with Crippen molar-refractivity contribution in [2.45, 2.75) is 46.2 Å². The minimum atomic E-state index is 0.0448. The van der Waals surface area contributed by atoms with Gasteiger partial charge in [-0.15, -0.1) is 0 Å². The van der Waals surface area contributed by atoms with E-state index in [0.29, 0.717) is 11.0 Å². The first kappa shape index (κ1) is 14.5. The zero-order valence-electron chi connectivity index (χ0n) is 12.1. The summed E-state index contributed by atoms with van der Waals surface area (Å²) >= 11 is 5.17. The van der Waals surface area contributed by atoms with Crippen molar-refractivity contribution >= 4 is 17.2 Å². The van der Waals surface area contributed by atoms with Crippen LogP contribution in [0.15, 0.2) is 12.3 Å². The smallest absolute Gasteiger partial charge is 0.0788 e. The van der Waals surface area contributed by atoms with Gasteiger partial charge in [-0.05, 0) is 45.8 Å². The fraction of sp³-hybridized carbons (Fsp3) is 0.714. The third-order valence-corrected chi connectivity index (χ3v) is 4.63. The Bertz CT molecular complexity index is 444. The zero-order valence-corrected chi connectivity index (χ0v) is 12.9. The largest absolute Gasteiger partial charge is 0.393 e. The van der Waals surface area contributed by atoms with Crippen LogP contribution < -0.4 is 5.73 Å². The molecule has 5 heteroatoms. The number of nitrogens with two attached hydrogens (primary N) is 1. The summed E-state index contributed by atoms with van der Waals surface area (Å²) in [6.45, 7) is 9.48. The molecule has 1 aliphatic heterocycles. The van der Waals surface area contributed by atoms with E-state index in [0.717, 1.165) is 38.2 Å². The van der Waals surface area contributed by atoms with E-state index in [4.69, 9.17) is 18.0 Å². The van der Waals surface area contributed by atoms with Crippen LogP contribution >= 0.6 is 12.2 Å². The normalized spacial score (nSPS) is 19.8. The molecule has 19 heavy (non-hydrogen) atoms. The first-order valence-electron chi connectivity index (χ1n) is 6.97. The molecule has 0 atom stereocenters. The highest BCUT2D eigenvalue weighted by atomic mass is 32.1. The SMILES string of the molecule is CC(C)n1ccc(CN2CCC(C)(C(N)=S)CC2)n1. The summed E-state index contributed by atoms with van der Waals surface area (Å²) < 4.78 is 2.01. The fourth-order valence-electron chi connectivity index (χ4n) is 2.43. The molecule has 1 fully saturated rings. The summed E-state index contributed by atoms with van der Waals surface area (Å²) in [7, 11) is 0. The molecule has 4 nitrogen and oxygen atoms in total. The minimum Gasteiger partial charge on any atom is -0.393 e. The Kier molecular flexibility index (Phi) is 4.26. The van der Waals surface area contributed by atoms with E-state index in [1.165, 1.54) is 0 Å². The molecule has 106 valence electrons. The molecule has 0 saturated carbocycles. The van der Waals surface area contributed by atoms with Gasteiger partial charge in [0, 0.05) is 24.2 Å². The Balaban J connectivity index is 1.90. The molecule has 2 heterocycles. The predicted octanol–water partition coefficient (Wildman–Crippen LogP) is 2.35. The molecule has 2 rings (SSSR count). The average molecular weight is 280 g/mol. The van der Waals surface area contributed by atoms with Crippen LogP contribution in [0.1, 0.15) is 45.3 Å². The first-order chi connectivity index (χ1) is 8.90. The lowest BCUT2D eigenvalue weighted by atomic mass is 9.80. The van der Waals surface area contributed by atoms with Crippen LogP contribution in [0, 0.1) is 5.41 Å². The number of hydrogen-bond acceptors (Lipinski definition) is 3. The van der Waals surface area contributed by atoms with Crippen LogP contribution in [-0.2, 0) is 6.54 Å². The van der Waals surface area contributed by atoms with Crippen molar-refractivity contribution < 1.29 is 0 Å². The Morgan fingerprint density at radius 3 is 2.58 bits per heavy atom. The summed E-state index contributed by atoms with van der Waals surface area (Å²) in [5.41, 5.74) is 7.02. The van der Waals surface area contributed by atoms with Crippen molar-refractivity contribution in [3.8, 4) is 0 Å². The number of rotatable bonds is 4. The van der Waals surface area contributed by atoms with Crippen molar-refractivity contribution in [3.05, 3.63) is 18.0 Å². The van der Waals surface area contributed by atoms with Gasteiger partial charge in [0.05, 0.1) is 10.7 Å². The molecule has 1 saturated heterocycles. The number of thiocarbonyl (C=S) groups is 1. The summed E-state index contributed by atoms with van der Waals surface area (Å²) in [5, 5.41) is 4.60. The maximum Gasteiger partial charge on any atom is 0.0788 e. The lowest BCUT2D eigenvalue weighted by Gasteiger charge is -2.38. The van der Waals surface area contributed by atoms with Crippen LogP contribution in [0.25, 0.3) is 0 Å². The third kappa shape index (κ3) is 3.34. The molecule has 0 radical (unpaired) electrons. The molecular weight excluding hydrogens is 256 g/mol. The lowest BCUT2D eigenvalue weighted by molar-refractivity contribution is 0.156. The average Bonchev–Trinajstić information content (AvgIpc) is 2.81. The monoisotopic (exact) mass is 280 g/mol. The number of likely N-dealkylation sites (tertiary alicyclic amines) is 1. The van der Waals surface area contributed by atoms with E-state index < -0.39 is 0 Å². The van der Waals surface area contributed by atoms with E-state index in [1.54, 1.807) is 0 Å². The Hall–Kier alpha value is -0.940. The molecule has 1 aliphatic rings. The number of aromatic nitrogens is 2. The molecule has 0 bridgehead atoms. The van der Waals surface area contributed by atoms with Crippen molar-refractivity contribution in [1.29, 1.82) is 0 Å². The van der Waals surface area contributed by atoms with Crippen LogP contribution in [0.5, 0.6) is 0 Å². The maximum atomic E-state index is 5.83. The summed E-state index contributed by atoms with van der Waals surface area (Å²) in [6.07, 6.45) is 4.16. The highest BCUT2D eigenvalue weighted by Gasteiger charge is 2.32. The summed E-state index contributed by atoms with van der Waals surface area (Å²) in [5.74, 6) is 0. The molecule has 1 aromatic rings. The molecular formula is C14H24N4S. The fourth-order valence-corrected chi connectivity index (χ4v) is 2.63. The lowest BCUT2D eigenvalue weighted by Crippen LogP contribution is -2.44. The second-order valence-corrected chi connectivity index (χ2v) is 6.52. The van der Waals surface area contributed by atoms with Gasteiger partial charge in [0.2, 0.25) is 0 Å². The predicted molar refractivity (Wildman–Crippen MR) is 82.0 cm³/mol. The topological polar surface area (TPSA) is 47.1 Å². The first-order valence-corrected chi connectivity index (χ1v) is 7.38. The molecule has 2 N–H and O–H groups in total. The second kappa shape index (κ2) is 5.59. The highest BCUT2D eigenvalue weighted by Crippen LogP contribution is 2.31. The summed E-state index contributed by atoms with van der Waals surface area (Å²) in [6, 6.07) is 2.54. The molecule has 0 aliphatic carbocycles. The zero-order chi connectivity index (χ0) is 14.0. The van der Waals surface area contributed by atoms with Gasteiger partial charge in [-0.25, -0.2) is 0 Å². The van der Waals surface area contributed by atoms with Crippen LogP contribution in [0.3, 0.4) is 0 Å². The highest BCUT2D eigenvalue weighted by molar-refractivity contribution is 7.80. The summed E-state index contributed by atoms with van der Waals surface area (Å²) in [4.78, 5) is 3.10. The van der Waals surface area contributed by atoms with Gasteiger partial charge in [-0.3, -0.25) is 9.58 Å². The van der Waals surface area contributed by atoms with E-state index >= 15 is 0 Å². The van der Waals surface area contributed by atoms with Crippen molar-refractivity contribution in [3.63, 3.8) is 0 Å². The van der Waals surface area contributed by atoms with E-state index in [9.17, 15) is 0 Å². The van der Waals surface area contributed by atoms with Crippen LogP contribution in [-0.4, -0.2) is 32.8 Å². The molecule has 1 aromatic heterocycles. The van der Waals surface area contributed by atoms with Gasteiger partial charge >= 0.3 is 0 Å². The van der Waals surface area contributed by atoms with Crippen molar-refractivity contribution in [2.75, 3.05) is 13.1 Å². The maximum absolute atomic E-state index is 5.83. The van der Waals surface area contributed by atoms with Gasteiger partial charge < -0.3 is 5.73 Å². The van der Waals surface area contributed by atoms with Gasteiger partial charge in [-0.1, -0.05) is 19.1 Å². The second-order valence-electron chi connectivity index (χ2n) is 6.08. The van der Waals surface area contributed by atoms with Gasteiger partial charge in [-0.2, -0.15) is 5.10 Å². The standard InChI is InChI=1S/C14H24N4S/c1-11(2)18-7-4-12(16-18)10-17-8-5-14(3,6-9-17)13(15)19/h4,7,11H,5-6,8-10H2,1-3H3,(H2,15,19). The Morgan fingerprint density at radius 1 is 1.47 bits per heavy atom. The third-order valence-electron chi connectivity index (χ3n) is 4.13. The van der Waals surface area contributed by atoms with Crippen LogP contribution in [0.2, 0.25) is 0 Å². The minimum absolute atomic E-state index is 0.0448. The van der Waals surface area contributed by atoms with E-state index in [2.05, 4.69) is 43.0 Å². The van der Waals surface area contributed by atoms with Crippen LogP contribution in [0.4, 0.5) is 0 Å².